The minimum Gasteiger partial charge on any atom is -0.325 e. The van der Waals surface area contributed by atoms with Gasteiger partial charge in [-0.2, -0.15) is 5.10 Å². The van der Waals surface area contributed by atoms with Gasteiger partial charge in [0, 0.05) is 5.69 Å². The van der Waals surface area contributed by atoms with Crippen molar-refractivity contribution in [3.63, 3.8) is 0 Å². The Labute approximate surface area is 132 Å². The van der Waals surface area contributed by atoms with Crippen LogP contribution in [0.1, 0.15) is 25.0 Å². The van der Waals surface area contributed by atoms with Crippen molar-refractivity contribution in [2.45, 2.75) is 37.6 Å². The molecule has 1 atom stereocenters. The molecule has 6 nitrogen and oxygen atoms in total. The molecule has 0 saturated heterocycles. The predicted octanol–water partition coefficient (Wildman–Crippen LogP) is 2.16. The summed E-state index contributed by atoms with van der Waals surface area (Å²) in [5, 5.41) is 10.3. The van der Waals surface area contributed by atoms with Crippen LogP contribution in [0, 0.1) is 6.92 Å². The average Bonchev–Trinajstić information content (AvgIpc) is 2.49. The number of aromatic amines is 1. The summed E-state index contributed by atoms with van der Waals surface area (Å²) in [5.74, 6) is -0.138. The molecule has 0 spiro atoms. The summed E-state index contributed by atoms with van der Waals surface area (Å²) in [5.41, 5.74) is 2.64. The first-order valence-electron chi connectivity index (χ1n) is 6.99. The Bertz CT molecular complexity index is 729. The molecule has 1 heterocycles. The molecule has 0 unspecified atom stereocenters. The molecule has 7 heteroatoms. The molecule has 2 aromatic rings. The van der Waals surface area contributed by atoms with Gasteiger partial charge in [-0.15, -0.1) is 5.10 Å². The van der Waals surface area contributed by atoms with E-state index in [1.807, 2.05) is 32.0 Å². The van der Waals surface area contributed by atoms with Gasteiger partial charge in [-0.1, -0.05) is 36.9 Å². The van der Waals surface area contributed by atoms with Crippen molar-refractivity contribution in [1.82, 2.24) is 15.2 Å². The maximum absolute atomic E-state index is 12.3. The van der Waals surface area contributed by atoms with E-state index in [0.717, 1.165) is 41.2 Å². The van der Waals surface area contributed by atoms with E-state index in [2.05, 4.69) is 20.5 Å². The van der Waals surface area contributed by atoms with Gasteiger partial charge in [0.2, 0.25) is 5.91 Å². The zero-order chi connectivity index (χ0) is 16.1. The van der Waals surface area contributed by atoms with Crippen LogP contribution < -0.4 is 10.9 Å². The number of amides is 1. The number of nitrogens with zero attached hydrogens (tertiary/aromatic N) is 2. The van der Waals surface area contributed by atoms with Gasteiger partial charge in [-0.25, -0.2) is 0 Å². The van der Waals surface area contributed by atoms with Gasteiger partial charge in [0.15, 0.2) is 5.16 Å². The number of aromatic nitrogens is 3. The van der Waals surface area contributed by atoms with Crippen LogP contribution in [0.15, 0.2) is 34.3 Å². The predicted molar refractivity (Wildman–Crippen MR) is 87.2 cm³/mol. The number of para-hydroxylation sites is 1. The van der Waals surface area contributed by atoms with Gasteiger partial charge < -0.3 is 5.32 Å². The summed E-state index contributed by atoms with van der Waals surface area (Å²) in [4.78, 5) is 26.1. The topological polar surface area (TPSA) is 87.7 Å². The van der Waals surface area contributed by atoms with Crippen LogP contribution in [0.5, 0.6) is 0 Å². The van der Waals surface area contributed by atoms with E-state index in [0.29, 0.717) is 5.16 Å². The Morgan fingerprint density at radius 3 is 2.91 bits per heavy atom. The van der Waals surface area contributed by atoms with E-state index >= 15 is 0 Å². The smallest absolute Gasteiger partial charge is 0.270 e. The Hall–Kier alpha value is -2.15. The normalized spacial score (nSPS) is 12.0. The summed E-state index contributed by atoms with van der Waals surface area (Å²) in [6.45, 7) is 5.77. The standard InChI is InChI=1S/C15H18N4O2S/c1-4-11-7-5-6-9(2)13(11)18-14(21)10(3)22-15-17-12(20)8-16-19-15/h5-8,10H,4H2,1-3H3,(H,18,21)(H,17,19,20)/t10-/m0/s1. The number of carbonyl (C=O) groups is 1. The van der Waals surface area contributed by atoms with Crippen LogP contribution in [0.25, 0.3) is 0 Å². The molecule has 2 rings (SSSR count). The van der Waals surface area contributed by atoms with Crippen molar-refractivity contribution in [3.05, 3.63) is 45.9 Å². The molecule has 116 valence electrons. The van der Waals surface area contributed by atoms with E-state index in [9.17, 15) is 9.59 Å². The largest absolute Gasteiger partial charge is 0.325 e. The molecule has 0 radical (unpaired) electrons. The minimum atomic E-state index is -0.406. The van der Waals surface area contributed by atoms with Crippen molar-refractivity contribution in [3.8, 4) is 0 Å². The van der Waals surface area contributed by atoms with Gasteiger partial charge in [0.25, 0.3) is 5.56 Å². The molecule has 0 fully saturated rings. The van der Waals surface area contributed by atoms with E-state index in [1.54, 1.807) is 6.92 Å². The highest BCUT2D eigenvalue weighted by Gasteiger charge is 2.18. The maximum atomic E-state index is 12.3. The third-order valence-corrected chi connectivity index (χ3v) is 4.17. The number of rotatable bonds is 5. The molecule has 1 amide bonds. The summed E-state index contributed by atoms with van der Waals surface area (Å²) < 4.78 is 0. The summed E-state index contributed by atoms with van der Waals surface area (Å²) >= 11 is 1.16. The molecule has 0 aliphatic carbocycles. The fraction of sp³-hybridized carbons (Fsp3) is 0.333. The van der Waals surface area contributed by atoms with Crippen molar-refractivity contribution >= 4 is 23.4 Å². The Kier molecular flexibility index (Phi) is 5.32. The van der Waals surface area contributed by atoms with E-state index in [1.165, 1.54) is 0 Å². The highest BCUT2D eigenvalue weighted by Crippen LogP contribution is 2.24. The maximum Gasteiger partial charge on any atom is 0.270 e. The number of H-pyrrole nitrogens is 1. The van der Waals surface area contributed by atoms with E-state index in [-0.39, 0.29) is 11.5 Å². The Morgan fingerprint density at radius 1 is 1.45 bits per heavy atom. The molecular formula is C15H18N4O2S. The van der Waals surface area contributed by atoms with Gasteiger partial charge in [-0.05, 0) is 31.4 Å². The second-order valence-corrected chi connectivity index (χ2v) is 6.18. The zero-order valence-corrected chi connectivity index (χ0v) is 13.5. The number of anilines is 1. The molecule has 0 bridgehead atoms. The van der Waals surface area contributed by atoms with Gasteiger partial charge in [-0.3, -0.25) is 14.6 Å². The molecule has 22 heavy (non-hydrogen) atoms. The number of hydrogen-bond donors (Lipinski definition) is 2. The number of nitrogens with one attached hydrogen (secondary N) is 2. The van der Waals surface area contributed by atoms with Gasteiger partial charge >= 0.3 is 0 Å². The lowest BCUT2D eigenvalue weighted by Crippen LogP contribution is -2.24. The lowest BCUT2D eigenvalue weighted by atomic mass is 10.1. The Balaban J connectivity index is 2.10. The fourth-order valence-electron chi connectivity index (χ4n) is 2.00. The van der Waals surface area contributed by atoms with E-state index in [4.69, 9.17) is 0 Å². The molecular weight excluding hydrogens is 300 g/mol. The second kappa shape index (κ2) is 7.22. The third kappa shape index (κ3) is 3.94. The first kappa shape index (κ1) is 16.2. The molecule has 0 saturated carbocycles. The van der Waals surface area contributed by atoms with Gasteiger partial charge in [0.1, 0.15) is 6.20 Å². The molecule has 0 aliphatic heterocycles. The molecule has 2 N–H and O–H groups in total. The minimum absolute atomic E-state index is 0.138. The molecule has 1 aromatic carbocycles. The quantitative estimate of drug-likeness (QED) is 0.825. The summed E-state index contributed by atoms with van der Waals surface area (Å²) in [6, 6.07) is 5.94. The summed E-state index contributed by atoms with van der Waals surface area (Å²) in [7, 11) is 0. The van der Waals surface area contributed by atoms with Gasteiger partial charge in [0.05, 0.1) is 5.25 Å². The first-order chi connectivity index (χ1) is 10.5. The number of hydrogen-bond acceptors (Lipinski definition) is 5. The number of aryl methyl sites for hydroxylation is 2. The van der Waals surface area contributed by atoms with Crippen LogP contribution in [-0.4, -0.2) is 26.3 Å². The lowest BCUT2D eigenvalue weighted by Gasteiger charge is -2.15. The highest BCUT2D eigenvalue weighted by atomic mass is 32.2. The van der Waals surface area contributed by atoms with E-state index < -0.39 is 5.25 Å². The van der Waals surface area contributed by atoms with Crippen LogP contribution in [-0.2, 0) is 11.2 Å². The van der Waals surface area contributed by atoms with Crippen LogP contribution in [0.2, 0.25) is 0 Å². The second-order valence-electron chi connectivity index (χ2n) is 4.85. The first-order valence-corrected chi connectivity index (χ1v) is 7.87. The molecule has 1 aromatic heterocycles. The average molecular weight is 318 g/mol. The number of benzene rings is 1. The highest BCUT2D eigenvalue weighted by molar-refractivity contribution is 8.00. The SMILES string of the molecule is CCc1cccc(C)c1NC(=O)[C@H](C)Sc1nncc(=O)[nH]1. The Morgan fingerprint density at radius 2 is 2.23 bits per heavy atom. The van der Waals surface area contributed by atoms with Crippen molar-refractivity contribution < 1.29 is 4.79 Å². The van der Waals surface area contributed by atoms with Crippen LogP contribution in [0.3, 0.4) is 0 Å². The molecule has 0 aliphatic rings. The third-order valence-electron chi connectivity index (χ3n) is 3.20. The lowest BCUT2D eigenvalue weighted by molar-refractivity contribution is -0.115. The van der Waals surface area contributed by atoms with Crippen molar-refractivity contribution in [2.24, 2.45) is 0 Å². The monoisotopic (exact) mass is 318 g/mol. The number of carbonyl (C=O) groups excluding carboxylic acids is 1. The zero-order valence-electron chi connectivity index (χ0n) is 12.7. The fourth-order valence-corrected chi connectivity index (χ4v) is 2.75. The summed E-state index contributed by atoms with van der Waals surface area (Å²) in [6.07, 6.45) is 1.94. The van der Waals surface area contributed by atoms with Crippen LogP contribution in [0.4, 0.5) is 5.69 Å². The van der Waals surface area contributed by atoms with Crippen molar-refractivity contribution in [2.75, 3.05) is 5.32 Å². The van der Waals surface area contributed by atoms with Crippen molar-refractivity contribution in [1.29, 1.82) is 0 Å². The van der Waals surface area contributed by atoms with Crippen LogP contribution >= 0.6 is 11.8 Å². The number of thioether (sulfide) groups is 1.